The van der Waals surface area contributed by atoms with Crippen LogP contribution in [0, 0.1) is 17.1 Å². The summed E-state index contributed by atoms with van der Waals surface area (Å²) < 4.78 is 47.7. The first-order valence-electron chi connectivity index (χ1n) is 11.4. The Hall–Kier alpha value is -3.68. The molecule has 7 nitrogen and oxygen atoms in total. The third-order valence-electron chi connectivity index (χ3n) is 6.27. The van der Waals surface area contributed by atoms with Crippen LogP contribution in [0.4, 0.5) is 15.8 Å². The molecular formula is C27H21BrFN3O4S. The molecule has 1 N–H and O–H groups in total. The Morgan fingerprint density at radius 3 is 2.46 bits per heavy atom. The molecule has 37 heavy (non-hydrogen) atoms. The number of nitriles is 1. The second kappa shape index (κ2) is 9.32. The molecular weight excluding hydrogens is 561 g/mol. The number of carbonyl (C=O) groups excluding carboxylic acids is 1. The summed E-state index contributed by atoms with van der Waals surface area (Å²) in [6, 6.07) is 15.9. The van der Waals surface area contributed by atoms with Crippen LogP contribution in [0.15, 0.2) is 63.5 Å². The molecule has 4 aromatic rings. The van der Waals surface area contributed by atoms with Crippen LogP contribution in [-0.4, -0.2) is 27.6 Å². The standard InChI is InChI=1S/C27H21BrFN3O4S/c1-31-27(33)25-21-12-20(15-3-4-15)23(13-24(21)36-26(25)16-5-7-18(29)8-6-16)32(37(2,34)35)19-9-10-22(28)17(11-19)14-30/h5-13,15H,3-4H2,1-2H3,(H,31,33). The van der Waals surface area contributed by atoms with Crippen molar-refractivity contribution in [1.82, 2.24) is 5.32 Å². The lowest BCUT2D eigenvalue weighted by atomic mass is 10.00. The van der Waals surface area contributed by atoms with Gasteiger partial charge in [0.1, 0.15) is 23.2 Å². The molecule has 3 aromatic carbocycles. The number of furan rings is 1. The lowest BCUT2D eigenvalue weighted by molar-refractivity contribution is 0.0964. The summed E-state index contributed by atoms with van der Waals surface area (Å²) in [5.74, 6) is -0.431. The molecule has 1 amide bonds. The summed E-state index contributed by atoms with van der Waals surface area (Å²) in [6.45, 7) is 0. The molecule has 1 aliphatic rings. The van der Waals surface area contributed by atoms with Gasteiger partial charge in [-0.3, -0.25) is 4.79 Å². The highest BCUT2D eigenvalue weighted by molar-refractivity contribution is 9.10. The molecule has 0 radical (unpaired) electrons. The SMILES string of the molecule is CNC(=O)c1c(-c2ccc(F)cc2)oc2cc(N(c3ccc(Br)c(C#N)c3)S(C)(=O)=O)c(C3CC3)cc12. The molecule has 1 heterocycles. The Bertz CT molecular complexity index is 1700. The Kier molecular flexibility index (Phi) is 6.30. The first kappa shape index (κ1) is 25.0. The van der Waals surface area contributed by atoms with E-state index in [9.17, 15) is 22.9 Å². The normalized spacial score (nSPS) is 13.4. The van der Waals surface area contributed by atoms with Crippen molar-refractivity contribution in [2.45, 2.75) is 18.8 Å². The number of fused-ring (bicyclic) bond motifs is 1. The summed E-state index contributed by atoms with van der Waals surface area (Å²) in [5, 5.41) is 12.7. The predicted molar refractivity (Wildman–Crippen MR) is 143 cm³/mol. The van der Waals surface area contributed by atoms with Crippen LogP contribution in [0.1, 0.15) is 40.2 Å². The maximum Gasteiger partial charge on any atom is 0.255 e. The quantitative estimate of drug-likeness (QED) is 0.291. The minimum atomic E-state index is -3.84. The lowest BCUT2D eigenvalue weighted by Crippen LogP contribution is -2.26. The molecule has 10 heteroatoms. The zero-order valence-corrected chi connectivity index (χ0v) is 22.3. The fourth-order valence-corrected chi connectivity index (χ4v) is 5.78. The fraction of sp³-hybridized carbons (Fsp3) is 0.185. The van der Waals surface area contributed by atoms with E-state index in [-0.39, 0.29) is 17.6 Å². The average Bonchev–Trinajstić information content (AvgIpc) is 3.64. The predicted octanol–water partition coefficient (Wildman–Crippen LogP) is 6.21. The number of nitrogens with one attached hydrogen (secondary N) is 1. The van der Waals surface area contributed by atoms with Crippen LogP contribution >= 0.6 is 15.9 Å². The minimum absolute atomic E-state index is 0.108. The molecule has 1 aromatic heterocycles. The number of sulfonamides is 1. The van der Waals surface area contributed by atoms with E-state index in [2.05, 4.69) is 27.3 Å². The van der Waals surface area contributed by atoms with Crippen molar-refractivity contribution in [1.29, 1.82) is 5.26 Å². The van der Waals surface area contributed by atoms with E-state index in [1.165, 1.54) is 41.7 Å². The number of carbonyl (C=O) groups is 1. The Morgan fingerprint density at radius 2 is 1.86 bits per heavy atom. The second-order valence-corrected chi connectivity index (χ2v) is 11.6. The van der Waals surface area contributed by atoms with Gasteiger partial charge in [-0.2, -0.15) is 5.26 Å². The van der Waals surface area contributed by atoms with Crippen molar-refractivity contribution >= 4 is 54.2 Å². The van der Waals surface area contributed by atoms with E-state index in [1.807, 2.05) is 6.07 Å². The zero-order chi connectivity index (χ0) is 26.5. The van der Waals surface area contributed by atoms with Gasteiger partial charge in [-0.05, 0) is 88.8 Å². The molecule has 1 aliphatic carbocycles. The van der Waals surface area contributed by atoms with Crippen molar-refractivity contribution in [3.63, 3.8) is 0 Å². The number of benzene rings is 3. The van der Waals surface area contributed by atoms with Crippen LogP contribution in [0.3, 0.4) is 0 Å². The molecule has 1 fully saturated rings. The van der Waals surface area contributed by atoms with Gasteiger partial charge in [-0.15, -0.1) is 0 Å². The summed E-state index contributed by atoms with van der Waals surface area (Å²) in [5.41, 5.74) is 2.86. The number of anilines is 2. The van der Waals surface area contributed by atoms with E-state index < -0.39 is 15.8 Å². The van der Waals surface area contributed by atoms with Gasteiger partial charge in [0.2, 0.25) is 10.0 Å². The number of amides is 1. The minimum Gasteiger partial charge on any atom is -0.455 e. The van der Waals surface area contributed by atoms with Crippen LogP contribution in [-0.2, 0) is 10.0 Å². The van der Waals surface area contributed by atoms with Gasteiger partial charge in [-0.25, -0.2) is 17.1 Å². The summed E-state index contributed by atoms with van der Waals surface area (Å²) >= 11 is 3.32. The third kappa shape index (κ3) is 4.61. The van der Waals surface area contributed by atoms with Gasteiger partial charge in [0.05, 0.1) is 28.8 Å². The smallest absolute Gasteiger partial charge is 0.255 e. The Balaban J connectivity index is 1.80. The number of hydrogen-bond donors (Lipinski definition) is 1. The van der Waals surface area contributed by atoms with Gasteiger partial charge in [0.15, 0.2) is 0 Å². The first-order valence-corrected chi connectivity index (χ1v) is 14.0. The number of hydrogen-bond acceptors (Lipinski definition) is 5. The van der Waals surface area contributed by atoms with E-state index in [1.54, 1.807) is 18.2 Å². The van der Waals surface area contributed by atoms with E-state index >= 15 is 0 Å². The van der Waals surface area contributed by atoms with Gasteiger partial charge in [0.25, 0.3) is 5.91 Å². The molecule has 0 atom stereocenters. The first-order chi connectivity index (χ1) is 17.6. The highest BCUT2D eigenvalue weighted by Gasteiger charge is 2.34. The lowest BCUT2D eigenvalue weighted by Gasteiger charge is -2.25. The van der Waals surface area contributed by atoms with Crippen molar-refractivity contribution in [2.24, 2.45) is 0 Å². The van der Waals surface area contributed by atoms with Crippen LogP contribution in [0.5, 0.6) is 0 Å². The number of nitrogens with zero attached hydrogens (tertiary/aromatic N) is 2. The van der Waals surface area contributed by atoms with Gasteiger partial charge < -0.3 is 9.73 Å². The zero-order valence-electron chi connectivity index (χ0n) is 19.9. The second-order valence-electron chi connectivity index (χ2n) is 8.88. The van der Waals surface area contributed by atoms with Gasteiger partial charge in [-0.1, -0.05) is 0 Å². The highest BCUT2D eigenvalue weighted by Crippen LogP contribution is 2.49. The molecule has 0 spiro atoms. The molecule has 0 unspecified atom stereocenters. The summed E-state index contributed by atoms with van der Waals surface area (Å²) in [7, 11) is -2.33. The van der Waals surface area contributed by atoms with Crippen molar-refractivity contribution < 1.29 is 22.0 Å². The highest BCUT2D eigenvalue weighted by atomic mass is 79.9. The molecule has 188 valence electrons. The Morgan fingerprint density at radius 1 is 1.16 bits per heavy atom. The van der Waals surface area contributed by atoms with E-state index in [0.29, 0.717) is 43.5 Å². The largest absolute Gasteiger partial charge is 0.455 e. The van der Waals surface area contributed by atoms with Crippen LogP contribution in [0.25, 0.3) is 22.3 Å². The van der Waals surface area contributed by atoms with Crippen LogP contribution in [0.2, 0.25) is 0 Å². The summed E-state index contributed by atoms with van der Waals surface area (Å²) in [6.07, 6.45) is 2.85. The molecule has 0 aliphatic heterocycles. The van der Waals surface area contributed by atoms with Crippen LogP contribution < -0.4 is 9.62 Å². The Labute approximate surface area is 221 Å². The van der Waals surface area contributed by atoms with Gasteiger partial charge >= 0.3 is 0 Å². The molecule has 1 saturated carbocycles. The maximum absolute atomic E-state index is 13.6. The van der Waals surface area contributed by atoms with Crippen molar-refractivity contribution in [3.05, 3.63) is 81.6 Å². The molecule has 0 bridgehead atoms. The van der Waals surface area contributed by atoms with Gasteiger partial charge in [0, 0.05) is 28.5 Å². The maximum atomic E-state index is 13.6. The third-order valence-corrected chi connectivity index (χ3v) is 8.03. The van der Waals surface area contributed by atoms with Crippen molar-refractivity contribution in [3.8, 4) is 17.4 Å². The van der Waals surface area contributed by atoms with E-state index in [0.717, 1.165) is 24.7 Å². The average molecular weight is 582 g/mol. The summed E-state index contributed by atoms with van der Waals surface area (Å²) in [4.78, 5) is 13.0. The topological polar surface area (TPSA) is 103 Å². The monoisotopic (exact) mass is 581 g/mol. The van der Waals surface area contributed by atoms with E-state index in [4.69, 9.17) is 4.42 Å². The fourth-order valence-electron chi connectivity index (χ4n) is 4.44. The molecule has 5 rings (SSSR count). The number of halogens is 2. The molecule has 0 saturated heterocycles. The van der Waals surface area contributed by atoms with Crippen molar-refractivity contribution in [2.75, 3.05) is 17.6 Å². The number of rotatable bonds is 6.